The van der Waals surface area contributed by atoms with Crippen molar-refractivity contribution in [2.45, 2.75) is 17.7 Å². The van der Waals surface area contributed by atoms with Gasteiger partial charge in [-0.15, -0.1) is 0 Å². The first-order chi connectivity index (χ1) is 6.54. The Morgan fingerprint density at radius 2 is 1.79 bits per heavy atom. The highest BCUT2D eigenvalue weighted by Gasteiger charge is 2.05. The zero-order valence-corrected chi connectivity index (χ0v) is 9.05. The zero-order valence-electron chi connectivity index (χ0n) is 8.23. The maximum Gasteiger partial charge on any atom is 0.175 e. The van der Waals surface area contributed by atoms with Gasteiger partial charge >= 0.3 is 0 Å². The first-order valence-corrected chi connectivity index (χ1v) is 6.42. The van der Waals surface area contributed by atoms with Gasteiger partial charge in [0.25, 0.3) is 0 Å². The molecule has 1 aromatic rings. The highest BCUT2D eigenvalue weighted by molar-refractivity contribution is 7.90. The fourth-order valence-electron chi connectivity index (χ4n) is 1.21. The summed E-state index contributed by atoms with van der Waals surface area (Å²) in [4.78, 5) is 0.369. The molecule has 3 nitrogen and oxygen atoms in total. The number of rotatable bonds is 4. The van der Waals surface area contributed by atoms with E-state index in [1.54, 1.807) is 12.1 Å². The molecule has 0 amide bonds. The van der Waals surface area contributed by atoms with Crippen molar-refractivity contribution in [3.8, 4) is 0 Å². The van der Waals surface area contributed by atoms with E-state index in [-0.39, 0.29) is 0 Å². The average molecular weight is 213 g/mol. The van der Waals surface area contributed by atoms with Gasteiger partial charge in [0.1, 0.15) is 0 Å². The molecule has 0 aliphatic carbocycles. The van der Waals surface area contributed by atoms with Crippen molar-refractivity contribution in [2.24, 2.45) is 5.73 Å². The lowest BCUT2D eigenvalue weighted by atomic mass is 10.1. The third kappa shape index (κ3) is 3.12. The molecule has 78 valence electrons. The number of sulfone groups is 1. The lowest BCUT2D eigenvalue weighted by Gasteiger charge is -2.01. The molecule has 0 aliphatic heterocycles. The van der Waals surface area contributed by atoms with E-state index in [1.165, 1.54) is 6.26 Å². The monoisotopic (exact) mass is 213 g/mol. The molecule has 0 aliphatic rings. The number of aryl methyl sites for hydroxylation is 1. The zero-order chi connectivity index (χ0) is 10.6. The standard InChI is InChI=1S/C10H15NO2S/c1-14(12,13)10-6-4-9(5-7-10)3-2-8-11/h4-7H,2-3,8,11H2,1H3. The van der Waals surface area contributed by atoms with E-state index in [0.29, 0.717) is 11.4 Å². The highest BCUT2D eigenvalue weighted by Crippen LogP contribution is 2.11. The molecule has 4 heteroatoms. The largest absolute Gasteiger partial charge is 0.330 e. The van der Waals surface area contributed by atoms with Gasteiger partial charge in [0.2, 0.25) is 0 Å². The van der Waals surface area contributed by atoms with Crippen molar-refractivity contribution in [2.75, 3.05) is 12.8 Å². The van der Waals surface area contributed by atoms with Gasteiger partial charge in [0, 0.05) is 6.26 Å². The summed E-state index contributed by atoms with van der Waals surface area (Å²) in [5.74, 6) is 0. The topological polar surface area (TPSA) is 60.2 Å². The van der Waals surface area contributed by atoms with Gasteiger partial charge in [-0.05, 0) is 37.1 Å². The third-order valence-electron chi connectivity index (χ3n) is 2.02. The molecule has 14 heavy (non-hydrogen) atoms. The van der Waals surface area contributed by atoms with Gasteiger partial charge in [-0.3, -0.25) is 0 Å². The first kappa shape index (κ1) is 11.2. The van der Waals surface area contributed by atoms with Crippen molar-refractivity contribution in [1.29, 1.82) is 0 Å². The van der Waals surface area contributed by atoms with Crippen LogP contribution in [0, 0.1) is 0 Å². The summed E-state index contributed by atoms with van der Waals surface area (Å²) in [5.41, 5.74) is 6.51. The molecule has 0 atom stereocenters. The Bertz CT molecular complexity index is 381. The van der Waals surface area contributed by atoms with Crippen LogP contribution in [0.5, 0.6) is 0 Å². The van der Waals surface area contributed by atoms with Crippen LogP contribution in [0.1, 0.15) is 12.0 Å². The maximum atomic E-state index is 11.1. The summed E-state index contributed by atoms with van der Waals surface area (Å²) in [6.07, 6.45) is 3.04. The Kier molecular flexibility index (Phi) is 3.66. The van der Waals surface area contributed by atoms with E-state index in [0.717, 1.165) is 18.4 Å². The van der Waals surface area contributed by atoms with E-state index >= 15 is 0 Å². The van der Waals surface area contributed by atoms with Crippen LogP contribution in [0.4, 0.5) is 0 Å². The Hall–Kier alpha value is -0.870. The predicted molar refractivity (Wildman–Crippen MR) is 56.9 cm³/mol. The van der Waals surface area contributed by atoms with Crippen molar-refractivity contribution in [3.63, 3.8) is 0 Å². The molecule has 0 saturated carbocycles. The Labute approximate surface area is 84.9 Å². The summed E-state index contributed by atoms with van der Waals surface area (Å²) >= 11 is 0. The van der Waals surface area contributed by atoms with Crippen LogP contribution in [0.25, 0.3) is 0 Å². The van der Waals surface area contributed by atoms with Crippen LogP contribution in [0.3, 0.4) is 0 Å². The molecule has 0 bridgehead atoms. The molecule has 0 unspecified atom stereocenters. The molecule has 0 radical (unpaired) electrons. The van der Waals surface area contributed by atoms with Gasteiger partial charge in [0.05, 0.1) is 4.90 Å². The molecule has 0 spiro atoms. The molecule has 1 aromatic carbocycles. The number of hydrogen-bond donors (Lipinski definition) is 1. The second-order valence-corrected chi connectivity index (χ2v) is 5.32. The minimum Gasteiger partial charge on any atom is -0.330 e. The Morgan fingerprint density at radius 1 is 1.21 bits per heavy atom. The molecule has 0 saturated heterocycles. The van der Waals surface area contributed by atoms with E-state index in [2.05, 4.69) is 0 Å². The smallest absolute Gasteiger partial charge is 0.175 e. The summed E-state index contributed by atoms with van der Waals surface area (Å²) in [6, 6.07) is 6.96. The second-order valence-electron chi connectivity index (χ2n) is 3.31. The molecular formula is C10H15NO2S. The van der Waals surface area contributed by atoms with Gasteiger partial charge < -0.3 is 5.73 Å². The molecule has 2 N–H and O–H groups in total. The lowest BCUT2D eigenvalue weighted by molar-refractivity contribution is 0.602. The molecular weight excluding hydrogens is 198 g/mol. The number of nitrogens with two attached hydrogens (primary N) is 1. The summed E-state index contributed by atoms with van der Waals surface area (Å²) in [5, 5.41) is 0. The fourth-order valence-corrected chi connectivity index (χ4v) is 1.84. The van der Waals surface area contributed by atoms with E-state index in [4.69, 9.17) is 5.73 Å². The van der Waals surface area contributed by atoms with Gasteiger partial charge in [0.15, 0.2) is 9.84 Å². The molecule has 0 fully saturated rings. The van der Waals surface area contributed by atoms with Crippen LogP contribution in [0.2, 0.25) is 0 Å². The Balaban J connectivity index is 2.79. The van der Waals surface area contributed by atoms with Crippen molar-refractivity contribution < 1.29 is 8.42 Å². The van der Waals surface area contributed by atoms with Crippen molar-refractivity contribution in [3.05, 3.63) is 29.8 Å². The van der Waals surface area contributed by atoms with E-state index in [9.17, 15) is 8.42 Å². The van der Waals surface area contributed by atoms with Gasteiger partial charge in [-0.25, -0.2) is 8.42 Å². The first-order valence-electron chi connectivity index (χ1n) is 4.53. The van der Waals surface area contributed by atoms with Crippen LogP contribution in [-0.4, -0.2) is 21.2 Å². The molecule has 0 heterocycles. The highest BCUT2D eigenvalue weighted by atomic mass is 32.2. The summed E-state index contributed by atoms with van der Waals surface area (Å²) in [6.45, 7) is 0.661. The molecule has 1 rings (SSSR count). The van der Waals surface area contributed by atoms with Gasteiger partial charge in [-0.2, -0.15) is 0 Å². The van der Waals surface area contributed by atoms with Crippen LogP contribution in [-0.2, 0) is 16.3 Å². The lowest BCUT2D eigenvalue weighted by Crippen LogP contribution is -2.01. The summed E-state index contributed by atoms with van der Waals surface area (Å²) in [7, 11) is -3.06. The number of benzene rings is 1. The maximum absolute atomic E-state index is 11.1. The van der Waals surface area contributed by atoms with Crippen LogP contribution in [0.15, 0.2) is 29.2 Å². The van der Waals surface area contributed by atoms with Crippen molar-refractivity contribution in [1.82, 2.24) is 0 Å². The third-order valence-corrected chi connectivity index (χ3v) is 3.15. The van der Waals surface area contributed by atoms with Crippen molar-refractivity contribution >= 4 is 9.84 Å². The SMILES string of the molecule is CS(=O)(=O)c1ccc(CCCN)cc1. The molecule has 0 aromatic heterocycles. The average Bonchev–Trinajstić information content (AvgIpc) is 2.14. The van der Waals surface area contributed by atoms with Crippen LogP contribution >= 0.6 is 0 Å². The van der Waals surface area contributed by atoms with Gasteiger partial charge in [-0.1, -0.05) is 12.1 Å². The fraction of sp³-hybridized carbons (Fsp3) is 0.400. The minimum absolute atomic E-state index is 0.369. The second kappa shape index (κ2) is 4.57. The minimum atomic E-state index is -3.06. The number of hydrogen-bond acceptors (Lipinski definition) is 3. The predicted octanol–water partition coefficient (Wildman–Crippen LogP) is 0.981. The Morgan fingerprint density at radius 3 is 2.21 bits per heavy atom. The normalized spacial score (nSPS) is 11.6. The summed E-state index contributed by atoms with van der Waals surface area (Å²) < 4.78 is 22.3. The quantitative estimate of drug-likeness (QED) is 0.811. The van der Waals surface area contributed by atoms with Crippen LogP contribution < -0.4 is 5.73 Å². The van der Waals surface area contributed by atoms with E-state index in [1.807, 2.05) is 12.1 Å². The van der Waals surface area contributed by atoms with E-state index < -0.39 is 9.84 Å².